The maximum Gasteiger partial charge on any atom is 0.248 e. The first-order valence-electron chi connectivity index (χ1n) is 13.9. The van der Waals surface area contributed by atoms with E-state index in [-0.39, 0.29) is 29.4 Å². The van der Waals surface area contributed by atoms with Gasteiger partial charge < -0.3 is 10.2 Å². The number of hydrogen-bond acceptors (Lipinski definition) is 7. The molecule has 0 radical (unpaired) electrons. The van der Waals surface area contributed by atoms with E-state index in [1.165, 1.54) is 23.0 Å². The molecule has 13 heteroatoms. The van der Waals surface area contributed by atoms with Crippen LogP contribution in [0.4, 0.5) is 18.9 Å². The van der Waals surface area contributed by atoms with Crippen LogP contribution < -0.4 is 10.2 Å². The lowest BCUT2D eigenvalue weighted by Crippen LogP contribution is -2.45. The van der Waals surface area contributed by atoms with Gasteiger partial charge in [0.05, 0.1) is 23.3 Å². The van der Waals surface area contributed by atoms with Gasteiger partial charge in [0.1, 0.15) is 5.54 Å². The van der Waals surface area contributed by atoms with Crippen LogP contribution in [0.3, 0.4) is 0 Å². The Morgan fingerprint density at radius 2 is 1.83 bits per heavy atom. The van der Waals surface area contributed by atoms with E-state index in [1.807, 2.05) is 29.2 Å². The molecule has 1 aromatic carbocycles. The highest BCUT2D eigenvalue weighted by Gasteiger charge is 2.50. The van der Waals surface area contributed by atoms with Crippen LogP contribution in [0.25, 0.3) is 16.9 Å². The van der Waals surface area contributed by atoms with Gasteiger partial charge in [-0.05, 0) is 49.1 Å². The van der Waals surface area contributed by atoms with Crippen molar-refractivity contribution in [2.45, 2.75) is 49.5 Å². The summed E-state index contributed by atoms with van der Waals surface area (Å²) in [6.45, 7) is 0.976. The van der Waals surface area contributed by atoms with Gasteiger partial charge >= 0.3 is 0 Å². The van der Waals surface area contributed by atoms with Gasteiger partial charge in [-0.2, -0.15) is 21.0 Å². The Bertz CT molecular complexity index is 1530. The third kappa shape index (κ3) is 5.71. The summed E-state index contributed by atoms with van der Waals surface area (Å²) >= 11 is 0. The van der Waals surface area contributed by atoms with Crippen molar-refractivity contribution in [3.63, 3.8) is 0 Å². The third-order valence-corrected chi connectivity index (χ3v) is 10.1. The average molecular weight is 601 g/mol. The fourth-order valence-corrected chi connectivity index (χ4v) is 7.06. The highest BCUT2D eigenvalue weighted by molar-refractivity contribution is 8.24. The Labute approximate surface area is 242 Å². The van der Waals surface area contributed by atoms with Crippen LogP contribution in [0.15, 0.2) is 48.8 Å². The van der Waals surface area contributed by atoms with Gasteiger partial charge in [-0.15, -0.1) is 0 Å². The molecule has 3 fully saturated rings. The van der Waals surface area contributed by atoms with Crippen LogP contribution in [0.1, 0.15) is 43.7 Å². The number of nitrogens with one attached hydrogen (secondary N) is 1. The summed E-state index contributed by atoms with van der Waals surface area (Å²) in [5, 5.41) is 16.8. The molecule has 3 aromatic rings. The van der Waals surface area contributed by atoms with E-state index in [0.717, 1.165) is 5.69 Å². The van der Waals surface area contributed by atoms with Gasteiger partial charge in [0.15, 0.2) is 11.6 Å². The number of amides is 1. The van der Waals surface area contributed by atoms with E-state index in [2.05, 4.69) is 21.5 Å². The topological polar surface area (TPSA) is 127 Å². The van der Waals surface area contributed by atoms with Crippen molar-refractivity contribution in [2.24, 2.45) is 5.92 Å². The van der Waals surface area contributed by atoms with Crippen LogP contribution in [0.5, 0.6) is 0 Å². The standard InChI is InChI=1S/C29H31F3N6O3S/c30-24-2-1-11-34-26(24)38-17-23(19-3-5-20(6-4-19)37-12-14-42(40,41)15-13-37)25(36-38)22-16-29(31,32)8-7-21(22)27(39)35-28(18-33)9-10-28/h1-6,11,17,21-22,40-41H,7-10,12-16H2,(H,35,39)/t21-,22-/m1/s1. The first-order valence-corrected chi connectivity index (χ1v) is 15.8. The Morgan fingerprint density at radius 1 is 1.12 bits per heavy atom. The molecule has 1 aliphatic heterocycles. The number of nitrogens with zero attached hydrogens (tertiary/aromatic N) is 5. The van der Waals surface area contributed by atoms with E-state index in [0.29, 0.717) is 37.1 Å². The molecule has 3 heterocycles. The number of rotatable bonds is 6. The zero-order chi connectivity index (χ0) is 29.7. The summed E-state index contributed by atoms with van der Waals surface area (Å²) in [4.78, 5) is 19.5. The van der Waals surface area contributed by atoms with E-state index < -0.39 is 58.5 Å². The zero-order valence-electron chi connectivity index (χ0n) is 22.7. The summed E-state index contributed by atoms with van der Waals surface area (Å²) in [6, 6.07) is 12.1. The predicted octanol–water partition coefficient (Wildman–Crippen LogP) is 5.34. The van der Waals surface area contributed by atoms with Crippen molar-refractivity contribution in [3.05, 3.63) is 60.3 Å². The number of anilines is 1. The van der Waals surface area contributed by atoms with Crippen LogP contribution in [-0.4, -0.2) is 65.8 Å². The van der Waals surface area contributed by atoms with E-state index >= 15 is 0 Å². The number of carbonyl (C=O) groups excluding carboxylic acids is 1. The lowest BCUT2D eigenvalue weighted by Gasteiger charge is -2.41. The summed E-state index contributed by atoms with van der Waals surface area (Å²) in [7, 11) is -2.55. The Kier molecular flexibility index (Phi) is 7.19. The molecule has 222 valence electrons. The lowest BCUT2D eigenvalue weighted by molar-refractivity contribution is -0.131. The molecule has 2 atom stereocenters. The number of pyridine rings is 1. The SMILES string of the molecule is N#CC1(NC(=O)[C@@H]2CCC(F)(F)C[C@H]2c2nn(-c3ncccc3F)cc2-c2ccc(N3CCS(O)(O)CC3)cc2)CC1. The molecule has 0 bridgehead atoms. The fraction of sp³-hybridized carbons (Fsp3) is 0.448. The van der Waals surface area contributed by atoms with Gasteiger partial charge in [0.25, 0.3) is 0 Å². The first kappa shape index (κ1) is 28.5. The minimum Gasteiger partial charge on any atom is -0.368 e. The summed E-state index contributed by atoms with van der Waals surface area (Å²) in [5.74, 6) is -5.49. The second kappa shape index (κ2) is 10.6. The molecule has 3 N–H and O–H groups in total. The van der Waals surface area contributed by atoms with Gasteiger partial charge in [0.2, 0.25) is 11.8 Å². The molecule has 9 nitrogen and oxygen atoms in total. The van der Waals surface area contributed by atoms with E-state index in [4.69, 9.17) is 0 Å². The van der Waals surface area contributed by atoms with Crippen molar-refractivity contribution >= 4 is 22.2 Å². The predicted molar refractivity (Wildman–Crippen MR) is 152 cm³/mol. The van der Waals surface area contributed by atoms with Gasteiger partial charge in [0, 0.05) is 61.4 Å². The van der Waals surface area contributed by atoms with Crippen molar-refractivity contribution < 1.29 is 27.1 Å². The molecule has 0 spiro atoms. The number of benzene rings is 1. The number of hydrogen-bond donors (Lipinski definition) is 3. The molecule has 1 saturated heterocycles. The molecule has 2 aliphatic carbocycles. The quantitative estimate of drug-likeness (QED) is 0.349. The number of aromatic nitrogens is 3. The largest absolute Gasteiger partial charge is 0.368 e. The first-order chi connectivity index (χ1) is 20.0. The smallest absolute Gasteiger partial charge is 0.248 e. The van der Waals surface area contributed by atoms with Crippen molar-refractivity contribution in [2.75, 3.05) is 29.5 Å². The number of carbonyl (C=O) groups is 1. The van der Waals surface area contributed by atoms with Crippen molar-refractivity contribution in [1.82, 2.24) is 20.1 Å². The molecule has 2 aromatic heterocycles. The van der Waals surface area contributed by atoms with E-state index in [9.17, 15) is 32.3 Å². The normalized spacial score (nSPS) is 24.8. The van der Waals surface area contributed by atoms with Gasteiger partial charge in [-0.3, -0.25) is 13.9 Å². The number of halogens is 3. The van der Waals surface area contributed by atoms with Gasteiger partial charge in [-0.25, -0.2) is 22.8 Å². The fourth-order valence-electron chi connectivity index (χ4n) is 5.83. The molecule has 1 amide bonds. The maximum absolute atomic E-state index is 14.9. The summed E-state index contributed by atoms with van der Waals surface area (Å²) in [5.41, 5.74) is 1.27. The highest BCUT2D eigenvalue weighted by atomic mass is 32.3. The molecular formula is C29H31F3N6O3S. The molecule has 42 heavy (non-hydrogen) atoms. The minimum atomic E-state index is -3.03. The van der Waals surface area contributed by atoms with Crippen LogP contribution in [-0.2, 0) is 4.79 Å². The van der Waals surface area contributed by atoms with Crippen molar-refractivity contribution in [3.8, 4) is 23.0 Å². The zero-order valence-corrected chi connectivity index (χ0v) is 23.5. The third-order valence-electron chi connectivity index (χ3n) is 8.46. The average Bonchev–Trinajstić information content (AvgIpc) is 3.59. The molecule has 6 rings (SSSR count). The van der Waals surface area contributed by atoms with E-state index in [1.54, 1.807) is 6.20 Å². The lowest BCUT2D eigenvalue weighted by atomic mass is 9.74. The van der Waals surface area contributed by atoms with Crippen molar-refractivity contribution in [1.29, 1.82) is 5.26 Å². The summed E-state index contributed by atoms with van der Waals surface area (Å²) in [6.07, 6.45) is 2.84. The number of nitriles is 1. The molecular weight excluding hydrogens is 569 g/mol. The van der Waals surface area contributed by atoms with Crippen LogP contribution in [0.2, 0.25) is 0 Å². The minimum absolute atomic E-state index is 0.0810. The maximum atomic E-state index is 14.9. The Morgan fingerprint density at radius 3 is 2.48 bits per heavy atom. The molecule has 0 unspecified atom stereocenters. The summed E-state index contributed by atoms with van der Waals surface area (Å²) < 4.78 is 65.7. The molecule has 3 aliphatic rings. The Hall–Kier alpha value is -3.60. The monoisotopic (exact) mass is 600 g/mol. The number of alkyl halides is 2. The second-order valence-corrected chi connectivity index (χ2v) is 13.8. The molecule has 2 saturated carbocycles. The highest BCUT2D eigenvalue weighted by Crippen LogP contribution is 2.48. The Balaban J connectivity index is 1.39. The van der Waals surface area contributed by atoms with Gasteiger partial charge in [-0.1, -0.05) is 12.1 Å². The second-order valence-electron chi connectivity index (χ2n) is 11.4. The van der Waals surface area contributed by atoms with Crippen LogP contribution in [0, 0.1) is 23.1 Å². The van der Waals surface area contributed by atoms with Crippen LogP contribution >= 0.6 is 10.6 Å².